The number of nitrogens with zero attached hydrogens (tertiary/aromatic N) is 5. The number of rotatable bonds is 2. The molecule has 1 aliphatic rings. The van der Waals surface area contributed by atoms with Crippen molar-refractivity contribution in [2.75, 3.05) is 13.2 Å². The molecule has 1 amide bonds. The van der Waals surface area contributed by atoms with Crippen molar-refractivity contribution in [2.24, 2.45) is 7.05 Å². The molecule has 0 spiro atoms. The number of amides is 1. The van der Waals surface area contributed by atoms with Crippen LogP contribution in [0, 0.1) is 0 Å². The van der Waals surface area contributed by atoms with Crippen molar-refractivity contribution in [3.05, 3.63) is 34.1 Å². The lowest BCUT2D eigenvalue weighted by Crippen LogP contribution is -2.42. The summed E-state index contributed by atoms with van der Waals surface area (Å²) in [6, 6.07) is 3.43. The smallest absolute Gasteiger partial charge is 0.248 e. The molecule has 1 N–H and O–H groups in total. The van der Waals surface area contributed by atoms with Gasteiger partial charge >= 0.3 is 0 Å². The van der Waals surface area contributed by atoms with Crippen LogP contribution in [0.1, 0.15) is 32.5 Å². The molecule has 0 aliphatic carbocycles. The number of hydrogen-bond donors (Lipinski definition) is 1. The van der Waals surface area contributed by atoms with Crippen molar-refractivity contribution in [2.45, 2.75) is 33.4 Å². The van der Waals surface area contributed by atoms with Gasteiger partial charge in [0.05, 0.1) is 34.0 Å². The second-order valence-electron chi connectivity index (χ2n) is 6.35. The first kappa shape index (κ1) is 20.6. The molecule has 7 nitrogen and oxygen atoms in total. The maximum Gasteiger partial charge on any atom is 0.248 e. The molecular formula is C19H23Cl2N5O2. The minimum atomic E-state index is -0.518. The third-order valence-corrected chi connectivity index (χ3v) is 5.59. The van der Waals surface area contributed by atoms with E-state index in [1.807, 2.05) is 44.8 Å². The van der Waals surface area contributed by atoms with Crippen LogP contribution in [0.2, 0.25) is 10.0 Å². The quantitative estimate of drug-likeness (QED) is 0.681. The largest absolute Gasteiger partial charge is 0.387 e. The fraction of sp³-hybridized carbons (Fsp3) is 0.421. The molecule has 1 atom stereocenters. The maximum atomic E-state index is 12.1. The Labute approximate surface area is 173 Å². The first-order chi connectivity index (χ1) is 13.4. The monoisotopic (exact) mass is 423 g/mol. The molecule has 4 rings (SSSR count). The Balaban J connectivity index is 0.00000109. The lowest BCUT2D eigenvalue weighted by Gasteiger charge is -2.34. The number of fused-ring (bicyclic) bond motifs is 3. The van der Waals surface area contributed by atoms with E-state index < -0.39 is 6.61 Å². The summed E-state index contributed by atoms with van der Waals surface area (Å²) in [4.78, 5) is 13.8. The minimum Gasteiger partial charge on any atom is -0.387 e. The van der Waals surface area contributed by atoms with Gasteiger partial charge in [-0.25, -0.2) is 0 Å². The lowest BCUT2D eigenvalue weighted by molar-refractivity contribution is -0.137. The first-order valence-electron chi connectivity index (χ1n) is 9.21. The van der Waals surface area contributed by atoms with Crippen LogP contribution in [-0.2, 0) is 18.4 Å². The van der Waals surface area contributed by atoms with Crippen LogP contribution in [0.4, 0.5) is 0 Å². The third kappa shape index (κ3) is 3.27. The SMILES string of the molecule is CC.CC1c2c3c(-c4ccn(C)n4)cc(Cl)c(Cl)c3nn2CCN1C(=O)CO. The molecule has 0 bridgehead atoms. The number of benzene rings is 1. The average molecular weight is 424 g/mol. The molecule has 1 aliphatic heterocycles. The molecule has 2 aromatic heterocycles. The van der Waals surface area contributed by atoms with E-state index in [1.54, 1.807) is 15.6 Å². The predicted octanol–water partition coefficient (Wildman–Crippen LogP) is 3.67. The van der Waals surface area contributed by atoms with Crippen LogP contribution in [0.15, 0.2) is 18.3 Å². The number of aryl methyl sites for hydroxylation is 1. The molecule has 28 heavy (non-hydrogen) atoms. The fourth-order valence-corrected chi connectivity index (χ4v) is 3.99. The second kappa shape index (κ2) is 8.11. The van der Waals surface area contributed by atoms with Crippen LogP contribution in [0.3, 0.4) is 0 Å². The molecular weight excluding hydrogens is 401 g/mol. The summed E-state index contributed by atoms with van der Waals surface area (Å²) in [7, 11) is 1.84. The van der Waals surface area contributed by atoms with Gasteiger partial charge < -0.3 is 10.0 Å². The summed E-state index contributed by atoms with van der Waals surface area (Å²) in [5.41, 5.74) is 3.04. The van der Waals surface area contributed by atoms with Gasteiger partial charge in [0.1, 0.15) is 12.1 Å². The Bertz CT molecular complexity index is 1030. The first-order valence-corrected chi connectivity index (χ1v) is 9.96. The van der Waals surface area contributed by atoms with E-state index in [1.165, 1.54) is 0 Å². The van der Waals surface area contributed by atoms with Crippen LogP contribution >= 0.6 is 23.2 Å². The Morgan fingerprint density at radius 2 is 2.00 bits per heavy atom. The van der Waals surface area contributed by atoms with E-state index in [2.05, 4.69) is 10.2 Å². The number of aliphatic hydroxyl groups is 1. The van der Waals surface area contributed by atoms with Gasteiger partial charge in [0.15, 0.2) is 0 Å². The van der Waals surface area contributed by atoms with Gasteiger partial charge in [-0.15, -0.1) is 0 Å². The van der Waals surface area contributed by atoms with E-state index in [-0.39, 0.29) is 11.9 Å². The third-order valence-electron chi connectivity index (χ3n) is 4.81. The number of aromatic nitrogens is 4. The molecule has 150 valence electrons. The average Bonchev–Trinajstić information content (AvgIpc) is 3.30. The van der Waals surface area contributed by atoms with E-state index in [9.17, 15) is 9.90 Å². The van der Waals surface area contributed by atoms with Crippen molar-refractivity contribution >= 4 is 40.0 Å². The van der Waals surface area contributed by atoms with Crippen LogP contribution in [0.25, 0.3) is 22.2 Å². The van der Waals surface area contributed by atoms with E-state index in [4.69, 9.17) is 23.2 Å². The van der Waals surface area contributed by atoms with Crippen molar-refractivity contribution in [3.63, 3.8) is 0 Å². The molecule has 0 fully saturated rings. The number of carbonyl (C=O) groups is 1. The number of hydrogen-bond acceptors (Lipinski definition) is 4. The highest BCUT2D eigenvalue weighted by atomic mass is 35.5. The van der Waals surface area contributed by atoms with Crippen LogP contribution in [-0.4, -0.2) is 48.6 Å². The zero-order valence-corrected chi connectivity index (χ0v) is 17.8. The van der Waals surface area contributed by atoms with Gasteiger partial charge in [0, 0.05) is 30.7 Å². The Kier molecular flexibility index (Phi) is 5.98. The number of aliphatic hydroxyl groups excluding tert-OH is 1. The van der Waals surface area contributed by atoms with Crippen molar-refractivity contribution < 1.29 is 9.90 Å². The topological polar surface area (TPSA) is 76.2 Å². The molecule has 0 saturated carbocycles. The molecule has 0 saturated heterocycles. The zero-order valence-electron chi connectivity index (χ0n) is 16.3. The highest BCUT2D eigenvalue weighted by Crippen LogP contribution is 2.42. The lowest BCUT2D eigenvalue weighted by atomic mass is 10.00. The zero-order chi connectivity index (χ0) is 20.6. The summed E-state index contributed by atoms with van der Waals surface area (Å²) >= 11 is 12.8. The Morgan fingerprint density at radius 1 is 1.29 bits per heavy atom. The van der Waals surface area contributed by atoms with Gasteiger partial charge in [-0.1, -0.05) is 37.0 Å². The minimum absolute atomic E-state index is 0.256. The summed E-state index contributed by atoms with van der Waals surface area (Å²) in [5.74, 6) is -0.308. The molecule has 1 aromatic carbocycles. The van der Waals surface area contributed by atoms with E-state index >= 15 is 0 Å². The summed E-state index contributed by atoms with van der Waals surface area (Å²) in [6.45, 7) is 6.40. The van der Waals surface area contributed by atoms with Crippen molar-refractivity contribution in [3.8, 4) is 11.3 Å². The highest BCUT2D eigenvalue weighted by molar-refractivity contribution is 6.45. The molecule has 3 aromatic rings. The normalized spacial score (nSPS) is 16.0. The molecule has 9 heteroatoms. The van der Waals surface area contributed by atoms with Crippen molar-refractivity contribution in [1.29, 1.82) is 0 Å². The van der Waals surface area contributed by atoms with Crippen molar-refractivity contribution in [1.82, 2.24) is 24.5 Å². The predicted molar refractivity (Wildman–Crippen MR) is 111 cm³/mol. The second-order valence-corrected chi connectivity index (χ2v) is 7.13. The summed E-state index contributed by atoms with van der Waals surface area (Å²) in [6.07, 6.45) is 1.85. The van der Waals surface area contributed by atoms with Gasteiger partial charge in [0.2, 0.25) is 5.91 Å². The maximum absolute atomic E-state index is 12.1. The van der Waals surface area contributed by atoms with Crippen LogP contribution in [0.5, 0.6) is 0 Å². The van der Waals surface area contributed by atoms with E-state index in [0.29, 0.717) is 28.7 Å². The number of halogens is 2. The Hall–Kier alpha value is -2.09. The van der Waals surface area contributed by atoms with Gasteiger partial charge in [-0.3, -0.25) is 14.2 Å². The summed E-state index contributed by atoms with van der Waals surface area (Å²) in [5, 5.41) is 20.0. The van der Waals surface area contributed by atoms with Crippen LogP contribution < -0.4 is 0 Å². The Morgan fingerprint density at radius 3 is 2.61 bits per heavy atom. The molecule has 3 heterocycles. The van der Waals surface area contributed by atoms with Gasteiger partial charge in [-0.2, -0.15) is 10.2 Å². The fourth-order valence-electron chi connectivity index (χ4n) is 3.60. The molecule has 0 radical (unpaired) electrons. The number of carbonyl (C=O) groups excluding carboxylic acids is 1. The molecule has 1 unspecified atom stereocenters. The van der Waals surface area contributed by atoms with E-state index in [0.717, 1.165) is 22.3 Å². The summed E-state index contributed by atoms with van der Waals surface area (Å²) < 4.78 is 3.58. The van der Waals surface area contributed by atoms with Gasteiger partial charge in [-0.05, 0) is 19.1 Å². The highest BCUT2D eigenvalue weighted by Gasteiger charge is 2.32. The standard InChI is InChI=1S/C17H17Cl2N5O2.C2H6/c1-9-17-14-10(12-3-4-22(2)20-12)7-11(18)15(19)16(14)21-24(17)6-5-23(9)13(26)8-25;1-2/h3-4,7,9,25H,5-6,8H2,1-2H3;1-2H3. The van der Waals surface area contributed by atoms with Gasteiger partial charge in [0.25, 0.3) is 0 Å².